The van der Waals surface area contributed by atoms with Gasteiger partial charge < -0.3 is 0 Å². The van der Waals surface area contributed by atoms with E-state index < -0.39 is 12.0 Å². The average molecular weight is 386 g/mol. The van der Waals surface area contributed by atoms with Crippen LogP contribution in [0.25, 0.3) is 28.1 Å². The number of aromatic nitrogens is 4. The fourth-order valence-corrected chi connectivity index (χ4v) is 3.10. The number of halogens is 3. The minimum atomic E-state index is -4.64. The quantitative estimate of drug-likeness (QED) is 0.453. The third-order valence-electron chi connectivity index (χ3n) is 4.01. The van der Waals surface area contributed by atoms with E-state index in [1.165, 1.54) is 4.68 Å². The van der Waals surface area contributed by atoms with Crippen LogP contribution in [-0.4, -0.2) is 26.0 Å². The van der Waals surface area contributed by atoms with E-state index in [1.54, 1.807) is 42.1 Å². The summed E-state index contributed by atoms with van der Waals surface area (Å²) >= 11 is 1.55. The summed E-state index contributed by atoms with van der Waals surface area (Å²) in [6.45, 7) is 0. The molecule has 2 heterocycles. The molecule has 0 aliphatic heterocycles. The third kappa shape index (κ3) is 3.40. The van der Waals surface area contributed by atoms with Gasteiger partial charge in [-0.3, -0.25) is 0 Å². The highest BCUT2D eigenvalue weighted by molar-refractivity contribution is 7.98. The lowest BCUT2D eigenvalue weighted by Gasteiger charge is -2.07. The number of rotatable bonds is 3. The molecule has 0 aliphatic carbocycles. The molecule has 2 aromatic heterocycles. The SMILES string of the molecule is CSc1ccc(-n2nc(C(F)(F)F)nc2-c2ccc3ccccc3n2)cc1. The monoisotopic (exact) mass is 386 g/mol. The zero-order valence-corrected chi connectivity index (χ0v) is 14.9. The molecular weight excluding hydrogens is 373 g/mol. The Morgan fingerprint density at radius 2 is 1.63 bits per heavy atom. The number of fused-ring (bicyclic) bond motifs is 1. The molecule has 4 rings (SSSR count). The Kier molecular flexibility index (Phi) is 4.35. The molecule has 8 heteroatoms. The molecule has 0 amide bonds. The lowest BCUT2D eigenvalue weighted by atomic mass is 10.2. The van der Waals surface area contributed by atoms with Gasteiger partial charge in [0, 0.05) is 10.3 Å². The maximum Gasteiger partial charge on any atom is 0.453 e. The summed E-state index contributed by atoms with van der Waals surface area (Å²) in [5, 5.41) is 4.59. The molecule has 0 saturated heterocycles. The first-order valence-corrected chi connectivity index (χ1v) is 9.23. The largest absolute Gasteiger partial charge is 0.453 e. The van der Waals surface area contributed by atoms with Crippen molar-refractivity contribution in [3.8, 4) is 17.2 Å². The predicted molar refractivity (Wildman–Crippen MR) is 98.9 cm³/mol. The summed E-state index contributed by atoms with van der Waals surface area (Å²) < 4.78 is 40.9. The molecule has 2 aromatic carbocycles. The lowest BCUT2D eigenvalue weighted by molar-refractivity contribution is -0.144. The molecule has 0 N–H and O–H groups in total. The van der Waals surface area contributed by atoms with Crippen LogP contribution in [0.2, 0.25) is 0 Å². The minimum Gasteiger partial charge on any atom is -0.244 e. The summed E-state index contributed by atoms with van der Waals surface area (Å²) in [5.41, 5.74) is 1.49. The highest BCUT2D eigenvalue weighted by atomic mass is 32.2. The van der Waals surface area contributed by atoms with Gasteiger partial charge in [0.05, 0.1) is 11.2 Å². The van der Waals surface area contributed by atoms with Crippen LogP contribution in [0.1, 0.15) is 5.82 Å². The first-order chi connectivity index (χ1) is 13.0. The normalized spacial score (nSPS) is 11.9. The van der Waals surface area contributed by atoms with E-state index in [1.807, 2.05) is 36.6 Å². The molecule has 27 heavy (non-hydrogen) atoms. The van der Waals surface area contributed by atoms with Gasteiger partial charge in [-0.1, -0.05) is 24.3 Å². The second kappa shape index (κ2) is 6.70. The van der Waals surface area contributed by atoms with Gasteiger partial charge >= 0.3 is 6.18 Å². The second-order valence-corrected chi connectivity index (χ2v) is 6.64. The van der Waals surface area contributed by atoms with Gasteiger partial charge in [0.1, 0.15) is 5.69 Å². The van der Waals surface area contributed by atoms with Crippen molar-refractivity contribution >= 4 is 22.7 Å². The van der Waals surface area contributed by atoms with E-state index in [2.05, 4.69) is 15.1 Å². The number of para-hydroxylation sites is 1. The van der Waals surface area contributed by atoms with Gasteiger partial charge in [-0.2, -0.15) is 13.2 Å². The van der Waals surface area contributed by atoms with E-state index in [9.17, 15) is 13.2 Å². The maximum absolute atomic E-state index is 13.2. The minimum absolute atomic E-state index is 0.0463. The van der Waals surface area contributed by atoms with Gasteiger partial charge in [-0.25, -0.2) is 14.6 Å². The van der Waals surface area contributed by atoms with Gasteiger partial charge in [0.15, 0.2) is 5.82 Å². The van der Waals surface area contributed by atoms with E-state index >= 15 is 0 Å². The molecular formula is C19H13F3N4S. The van der Waals surface area contributed by atoms with Crippen molar-refractivity contribution in [3.05, 3.63) is 66.5 Å². The molecule has 4 nitrogen and oxygen atoms in total. The molecule has 0 aliphatic rings. The van der Waals surface area contributed by atoms with Gasteiger partial charge in [-0.15, -0.1) is 16.9 Å². The first-order valence-electron chi connectivity index (χ1n) is 8.00. The van der Waals surface area contributed by atoms with Crippen LogP contribution in [0, 0.1) is 0 Å². The summed E-state index contributed by atoms with van der Waals surface area (Å²) in [7, 11) is 0. The molecule has 0 spiro atoms. The number of alkyl halides is 3. The van der Waals surface area contributed by atoms with Crippen molar-refractivity contribution in [2.75, 3.05) is 6.26 Å². The Morgan fingerprint density at radius 1 is 0.889 bits per heavy atom. The molecule has 0 bridgehead atoms. The molecule has 136 valence electrons. The summed E-state index contributed by atoms with van der Waals surface area (Å²) in [4.78, 5) is 9.20. The number of nitrogens with zero attached hydrogens (tertiary/aromatic N) is 4. The van der Waals surface area contributed by atoms with Crippen molar-refractivity contribution in [1.29, 1.82) is 0 Å². The fraction of sp³-hybridized carbons (Fsp3) is 0.105. The van der Waals surface area contributed by atoms with E-state index in [0.717, 1.165) is 10.3 Å². The molecule has 0 saturated carbocycles. The summed E-state index contributed by atoms with van der Waals surface area (Å²) in [6.07, 6.45) is -2.72. The average Bonchev–Trinajstić information content (AvgIpc) is 3.13. The molecule has 0 unspecified atom stereocenters. The smallest absolute Gasteiger partial charge is 0.244 e. The van der Waals surface area contributed by atoms with Gasteiger partial charge in [-0.05, 0) is 42.7 Å². The Hall–Kier alpha value is -2.87. The highest BCUT2D eigenvalue weighted by Gasteiger charge is 2.37. The Balaban J connectivity index is 1.90. The Morgan fingerprint density at radius 3 is 2.33 bits per heavy atom. The van der Waals surface area contributed by atoms with Crippen LogP contribution < -0.4 is 0 Å². The van der Waals surface area contributed by atoms with Crippen molar-refractivity contribution in [3.63, 3.8) is 0 Å². The van der Waals surface area contributed by atoms with Crippen LogP contribution in [-0.2, 0) is 6.18 Å². The van der Waals surface area contributed by atoms with Crippen molar-refractivity contribution in [2.24, 2.45) is 0 Å². The second-order valence-electron chi connectivity index (χ2n) is 5.76. The summed E-state index contributed by atoms with van der Waals surface area (Å²) in [6, 6.07) is 17.9. The molecule has 0 radical (unpaired) electrons. The van der Waals surface area contributed by atoms with Gasteiger partial charge in [0.2, 0.25) is 0 Å². The third-order valence-corrected chi connectivity index (χ3v) is 4.75. The van der Waals surface area contributed by atoms with Gasteiger partial charge in [0.25, 0.3) is 5.82 Å². The molecule has 0 atom stereocenters. The highest BCUT2D eigenvalue weighted by Crippen LogP contribution is 2.30. The number of thioether (sulfide) groups is 1. The van der Waals surface area contributed by atoms with Crippen molar-refractivity contribution < 1.29 is 13.2 Å². The van der Waals surface area contributed by atoms with Crippen LogP contribution in [0.3, 0.4) is 0 Å². The number of pyridine rings is 1. The summed E-state index contributed by atoms with van der Waals surface area (Å²) in [5.74, 6) is -1.15. The molecule has 0 fully saturated rings. The Labute approximate surface area is 157 Å². The van der Waals surface area contributed by atoms with E-state index in [-0.39, 0.29) is 5.82 Å². The number of benzene rings is 2. The van der Waals surface area contributed by atoms with Crippen LogP contribution in [0.5, 0.6) is 0 Å². The standard InChI is InChI=1S/C19H13F3N4S/c1-27-14-9-7-13(8-10-14)26-17(24-18(25-26)19(20,21)22)16-11-6-12-4-2-3-5-15(12)23-16/h2-11H,1H3. The van der Waals surface area contributed by atoms with Crippen LogP contribution in [0.15, 0.2) is 65.6 Å². The Bertz CT molecular complexity index is 1100. The molecule has 4 aromatic rings. The predicted octanol–water partition coefficient (Wildman–Crippen LogP) is 5.22. The van der Waals surface area contributed by atoms with Crippen molar-refractivity contribution in [1.82, 2.24) is 19.7 Å². The first kappa shape index (κ1) is 17.5. The zero-order valence-electron chi connectivity index (χ0n) is 14.1. The van der Waals surface area contributed by atoms with E-state index in [0.29, 0.717) is 16.9 Å². The van der Waals surface area contributed by atoms with E-state index in [4.69, 9.17) is 0 Å². The lowest BCUT2D eigenvalue weighted by Crippen LogP contribution is -2.08. The topological polar surface area (TPSA) is 43.6 Å². The number of hydrogen-bond acceptors (Lipinski definition) is 4. The zero-order chi connectivity index (χ0) is 19.0. The fourth-order valence-electron chi connectivity index (χ4n) is 2.69. The maximum atomic E-state index is 13.2. The van der Waals surface area contributed by atoms with Crippen molar-refractivity contribution in [2.45, 2.75) is 11.1 Å². The van der Waals surface area contributed by atoms with Crippen LogP contribution >= 0.6 is 11.8 Å². The number of hydrogen-bond donors (Lipinski definition) is 0. The van der Waals surface area contributed by atoms with Crippen LogP contribution in [0.4, 0.5) is 13.2 Å².